The highest BCUT2D eigenvalue weighted by molar-refractivity contribution is 9.10. The Bertz CT molecular complexity index is 487. The molecule has 0 amide bonds. The minimum Gasteiger partial charge on any atom is -0.458 e. The van der Waals surface area contributed by atoms with Crippen LogP contribution < -0.4 is 0 Å². The second-order valence-electron chi connectivity index (χ2n) is 6.02. The molecule has 5 heteroatoms. The van der Waals surface area contributed by atoms with Crippen LogP contribution in [0.15, 0.2) is 28.7 Å². The summed E-state index contributed by atoms with van der Waals surface area (Å²) in [5, 5.41) is 0. The van der Waals surface area contributed by atoms with Crippen molar-refractivity contribution in [3.63, 3.8) is 0 Å². The fourth-order valence-electron chi connectivity index (χ4n) is 3.04. The molecule has 3 nitrogen and oxygen atoms in total. The van der Waals surface area contributed by atoms with Gasteiger partial charge in [-0.1, -0.05) is 18.6 Å². The van der Waals surface area contributed by atoms with Gasteiger partial charge in [-0.2, -0.15) is 0 Å². The van der Waals surface area contributed by atoms with E-state index in [-0.39, 0.29) is 24.5 Å². The maximum absolute atomic E-state index is 12.2. The molecule has 0 radical (unpaired) electrons. The first kappa shape index (κ1) is 19.5. The highest BCUT2D eigenvalue weighted by Crippen LogP contribution is 2.23. The molecule has 1 aliphatic heterocycles. The molecule has 3 atom stereocenters. The van der Waals surface area contributed by atoms with Crippen molar-refractivity contribution in [3.8, 4) is 0 Å². The highest BCUT2D eigenvalue weighted by atomic mass is 79.9. The van der Waals surface area contributed by atoms with Gasteiger partial charge in [-0.15, -0.1) is 12.4 Å². The molecule has 1 aromatic carbocycles. The van der Waals surface area contributed by atoms with Crippen molar-refractivity contribution in [2.45, 2.75) is 58.2 Å². The van der Waals surface area contributed by atoms with Crippen LogP contribution in [-0.4, -0.2) is 35.6 Å². The van der Waals surface area contributed by atoms with E-state index in [9.17, 15) is 4.79 Å². The number of ether oxygens (including phenoxy) is 1. The number of likely N-dealkylation sites (tertiary alicyclic amines) is 1. The molecule has 3 unspecified atom stereocenters. The van der Waals surface area contributed by atoms with Crippen molar-refractivity contribution in [3.05, 3.63) is 34.3 Å². The Hall–Kier alpha value is -0.580. The molecule has 1 fully saturated rings. The smallest absolute Gasteiger partial charge is 0.339 e. The molecule has 1 saturated heterocycles. The molecule has 0 N–H and O–H groups in total. The zero-order chi connectivity index (χ0) is 15.4. The lowest BCUT2D eigenvalue weighted by atomic mass is 9.97. The number of benzene rings is 1. The van der Waals surface area contributed by atoms with Crippen molar-refractivity contribution in [2.24, 2.45) is 0 Å². The third kappa shape index (κ3) is 4.97. The summed E-state index contributed by atoms with van der Waals surface area (Å²) in [6, 6.07) is 8.51. The fraction of sp³-hybridized carbons (Fsp3) is 0.588. The second-order valence-corrected chi connectivity index (χ2v) is 6.88. The molecule has 0 spiro atoms. The Kier molecular flexibility index (Phi) is 7.87. The van der Waals surface area contributed by atoms with Gasteiger partial charge in [0.1, 0.15) is 6.10 Å². The van der Waals surface area contributed by atoms with Gasteiger partial charge in [0.25, 0.3) is 0 Å². The molecular weight excluding hydrogens is 366 g/mol. The molecule has 1 heterocycles. The first-order chi connectivity index (χ1) is 9.99. The fourth-order valence-corrected chi connectivity index (χ4v) is 3.49. The maximum Gasteiger partial charge on any atom is 0.339 e. The van der Waals surface area contributed by atoms with Crippen molar-refractivity contribution < 1.29 is 9.53 Å². The average Bonchev–Trinajstić information content (AvgIpc) is 2.43. The van der Waals surface area contributed by atoms with Crippen LogP contribution in [0.25, 0.3) is 0 Å². The lowest BCUT2D eigenvalue weighted by molar-refractivity contribution is 0.00804. The minimum atomic E-state index is -0.257. The number of esters is 1. The summed E-state index contributed by atoms with van der Waals surface area (Å²) in [5.41, 5.74) is 0.587. The number of hydrogen-bond donors (Lipinski definition) is 0. The summed E-state index contributed by atoms with van der Waals surface area (Å²) in [5.74, 6) is -0.257. The van der Waals surface area contributed by atoms with E-state index in [2.05, 4.69) is 34.7 Å². The molecule has 2 rings (SSSR count). The van der Waals surface area contributed by atoms with Crippen LogP contribution in [0.2, 0.25) is 0 Å². The van der Waals surface area contributed by atoms with Crippen LogP contribution in [0.5, 0.6) is 0 Å². The minimum absolute atomic E-state index is 0. The normalized spacial score (nSPS) is 23.5. The summed E-state index contributed by atoms with van der Waals surface area (Å²) in [4.78, 5) is 14.7. The highest BCUT2D eigenvalue weighted by Gasteiger charge is 2.27. The average molecular weight is 391 g/mol. The molecule has 1 aliphatic rings. The number of nitrogens with zero attached hydrogens (tertiary/aromatic N) is 1. The number of hydrogen-bond acceptors (Lipinski definition) is 3. The number of piperidine rings is 1. The van der Waals surface area contributed by atoms with Gasteiger partial charge in [0, 0.05) is 23.1 Å². The lowest BCUT2D eigenvalue weighted by Crippen LogP contribution is -2.47. The van der Waals surface area contributed by atoms with Crippen LogP contribution in [0.3, 0.4) is 0 Å². The van der Waals surface area contributed by atoms with Crippen molar-refractivity contribution >= 4 is 34.3 Å². The van der Waals surface area contributed by atoms with E-state index in [1.165, 1.54) is 19.3 Å². The van der Waals surface area contributed by atoms with Crippen molar-refractivity contribution in [1.82, 2.24) is 4.90 Å². The van der Waals surface area contributed by atoms with Gasteiger partial charge >= 0.3 is 5.97 Å². The van der Waals surface area contributed by atoms with Gasteiger partial charge in [0.05, 0.1) is 5.56 Å². The molecule has 124 valence electrons. The summed E-state index contributed by atoms with van der Waals surface area (Å²) in [6.45, 7) is 7.30. The number of rotatable bonds is 4. The van der Waals surface area contributed by atoms with Crippen LogP contribution >= 0.6 is 28.3 Å². The van der Waals surface area contributed by atoms with E-state index >= 15 is 0 Å². The number of carbonyl (C=O) groups is 1. The van der Waals surface area contributed by atoms with Gasteiger partial charge in [-0.05, 0) is 61.7 Å². The van der Waals surface area contributed by atoms with Crippen molar-refractivity contribution in [2.75, 3.05) is 6.54 Å². The molecule has 0 bridgehead atoms. The van der Waals surface area contributed by atoms with E-state index in [0.717, 1.165) is 11.0 Å². The first-order valence-electron chi connectivity index (χ1n) is 7.70. The quantitative estimate of drug-likeness (QED) is 0.699. The lowest BCUT2D eigenvalue weighted by Gasteiger charge is -2.40. The summed E-state index contributed by atoms with van der Waals surface area (Å²) in [7, 11) is 0. The van der Waals surface area contributed by atoms with E-state index in [1.54, 1.807) is 6.07 Å². The number of halogens is 2. The molecule has 1 aromatic rings. The van der Waals surface area contributed by atoms with E-state index in [0.29, 0.717) is 17.6 Å². The van der Waals surface area contributed by atoms with Crippen LogP contribution in [-0.2, 0) is 4.74 Å². The molecular formula is C17H25BrClNO2. The Morgan fingerprint density at radius 3 is 2.50 bits per heavy atom. The molecule has 22 heavy (non-hydrogen) atoms. The summed E-state index contributed by atoms with van der Waals surface area (Å²) in [6.07, 6.45) is 3.65. The Morgan fingerprint density at radius 2 is 1.91 bits per heavy atom. The SMILES string of the molecule is CC(CN1C(C)CCCC1C)OC(=O)c1ccccc1Br.Cl. The van der Waals surface area contributed by atoms with Gasteiger partial charge in [0.2, 0.25) is 0 Å². The Morgan fingerprint density at radius 1 is 1.32 bits per heavy atom. The van der Waals surface area contributed by atoms with Gasteiger partial charge in [-0.25, -0.2) is 4.79 Å². The molecule has 0 aromatic heterocycles. The van der Waals surface area contributed by atoms with Gasteiger partial charge in [-0.3, -0.25) is 4.90 Å². The van der Waals surface area contributed by atoms with Gasteiger partial charge < -0.3 is 4.74 Å². The topological polar surface area (TPSA) is 29.5 Å². The predicted octanol–water partition coefficient (Wildman–Crippen LogP) is 4.68. The van der Waals surface area contributed by atoms with Crippen LogP contribution in [0.4, 0.5) is 0 Å². The predicted molar refractivity (Wildman–Crippen MR) is 95.7 cm³/mol. The van der Waals surface area contributed by atoms with E-state index < -0.39 is 0 Å². The summed E-state index contributed by atoms with van der Waals surface area (Å²) >= 11 is 3.39. The van der Waals surface area contributed by atoms with Crippen molar-refractivity contribution in [1.29, 1.82) is 0 Å². The largest absolute Gasteiger partial charge is 0.458 e. The van der Waals surface area contributed by atoms with Gasteiger partial charge in [0.15, 0.2) is 0 Å². The zero-order valence-electron chi connectivity index (χ0n) is 13.4. The third-order valence-corrected chi connectivity index (χ3v) is 4.94. The second kappa shape index (κ2) is 8.90. The maximum atomic E-state index is 12.2. The Balaban J connectivity index is 0.00000242. The molecule has 0 saturated carbocycles. The molecule has 0 aliphatic carbocycles. The van der Waals surface area contributed by atoms with E-state index in [4.69, 9.17) is 4.74 Å². The third-order valence-electron chi connectivity index (χ3n) is 4.25. The summed E-state index contributed by atoms with van der Waals surface area (Å²) < 4.78 is 6.39. The van der Waals surface area contributed by atoms with Crippen LogP contribution in [0.1, 0.15) is 50.4 Å². The zero-order valence-corrected chi connectivity index (χ0v) is 15.8. The Labute approximate surface area is 147 Å². The first-order valence-corrected chi connectivity index (χ1v) is 8.49. The van der Waals surface area contributed by atoms with Crippen LogP contribution in [0, 0.1) is 0 Å². The standard InChI is InChI=1S/C17H24BrNO2.ClH/c1-12-7-6-8-13(2)19(12)11-14(3)21-17(20)15-9-4-5-10-16(15)18;/h4-5,9-10,12-14H,6-8,11H2,1-3H3;1H. The monoisotopic (exact) mass is 389 g/mol. The number of carbonyl (C=O) groups excluding carboxylic acids is 1. The van der Waals surface area contributed by atoms with E-state index in [1.807, 2.05) is 25.1 Å².